The van der Waals surface area contributed by atoms with E-state index < -0.39 is 0 Å². The summed E-state index contributed by atoms with van der Waals surface area (Å²) in [7, 11) is 0. The van der Waals surface area contributed by atoms with Crippen LogP contribution in [0.4, 0.5) is 0 Å². The number of Topliss-reactive ketones (excluding diaryl/α,β-unsaturated/α-hetero) is 1. The van der Waals surface area contributed by atoms with Gasteiger partial charge in [-0.15, -0.1) is 0 Å². The SMILES string of the molecule is CCCCCc1ccc(C(C)C(=O)CC2CCCCO2)cc1. The van der Waals surface area contributed by atoms with Crippen LogP contribution in [-0.4, -0.2) is 18.5 Å². The lowest BCUT2D eigenvalue weighted by atomic mass is 9.91. The summed E-state index contributed by atoms with van der Waals surface area (Å²) in [6.45, 7) is 5.07. The zero-order valence-corrected chi connectivity index (χ0v) is 14.1. The molecule has 0 bridgehead atoms. The minimum absolute atomic E-state index is 0.0183. The highest BCUT2D eigenvalue weighted by atomic mass is 16.5. The van der Waals surface area contributed by atoms with Crippen LogP contribution in [0.15, 0.2) is 24.3 Å². The molecule has 122 valence electrons. The van der Waals surface area contributed by atoms with Crippen molar-refractivity contribution in [3.8, 4) is 0 Å². The van der Waals surface area contributed by atoms with Crippen molar-refractivity contribution in [2.75, 3.05) is 6.61 Å². The van der Waals surface area contributed by atoms with Gasteiger partial charge >= 0.3 is 0 Å². The van der Waals surface area contributed by atoms with Gasteiger partial charge in [0.2, 0.25) is 0 Å². The van der Waals surface area contributed by atoms with Gasteiger partial charge in [-0.3, -0.25) is 4.79 Å². The van der Waals surface area contributed by atoms with E-state index in [0.717, 1.165) is 31.4 Å². The van der Waals surface area contributed by atoms with Crippen molar-refractivity contribution < 1.29 is 9.53 Å². The van der Waals surface area contributed by atoms with Crippen molar-refractivity contribution in [3.63, 3.8) is 0 Å². The molecule has 0 aromatic heterocycles. The summed E-state index contributed by atoms with van der Waals surface area (Å²) in [5, 5.41) is 0. The molecule has 1 fully saturated rings. The lowest BCUT2D eigenvalue weighted by molar-refractivity contribution is -0.123. The lowest BCUT2D eigenvalue weighted by Crippen LogP contribution is -2.24. The Morgan fingerprint density at radius 2 is 2.00 bits per heavy atom. The smallest absolute Gasteiger partial charge is 0.142 e. The van der Waals surface area contributed by atoms with Crippen molar-refractivity contribution in [1.82, 2.24) is 0 Å². The van der Waals surface area contributed by atoms with Crippen LogP contribution in [-0.2, 0) is 16.0 Å². The van der Waals surface area contributed by atoms with E-state index in [1.165, 1.54) is 31.2 Å². The number of ether oxygens (including phenoxy) is 1. The molecule has 0 amide bonds. The van der Waals surface area contributed by atoms with Gasteiger partial charge in [-0.2, -0.15) is 0 Å². The van der Waals surface area contributed by atoms with Crippen molar-refractivity contribution in [3.05, 3.63) is 35.4 Å². The molecule has 2 rings (SSSR count). The number of unbranched alkanes of at least 4 members (excludes halogenated alkanes) is 2. The molecule has 22 heavy (non-hydrogen) atoms. The summed E-state index contributed by atoms with van der Waals surface area (Å²) >= 11 is 0. The molecule has 1 aliphatic heterocycles. The normalized spacial score (nSPS) is 19.8. The van der Waals surface area contributed by atoms with Gasteiger partial charge in [0.05, 0.1) is 6.10 Å². The molecule has 0 N–H and O–H groups in total. The Balaban J connectivity index is 1.85. The van der Waals surface area contributed by atoms with E-state index in [-0.39, 0.29) is 12.0 Å². The van der Waals surface area contributed by atoms with E-state index in [1.807, 2.05) is 6.92 Å². The number of ketones is 1. The van der Waals surface area contributed by atoms with Gasteiger partial charge in [0.15, 0.2) is 0 Å². The summed E-state index contributed by atoms with van der Waals surface area (Å²) in [6.07, 6.45) is 9.03. The first-order valence-electron chi connectivity index (χ1n) is 8.94. The lowest BCUT2D eigenvalue weighted by Gasteiger charge is -2.23. The molecule has 2 nitrogen and oxygen atoms in total. The summed E-state index contributed by atoms with van der Waals surface area (Å²) in [5.74, 6) is 0.292. The first kappa shape index (κ1) is 17.2. The van der Waals surface area contributed by atoms with E-state index in [1.54, 1.807) is 0 Å². The predicted octanol–water partition coefficient (Wildman–Crippen LogP) is 5.05. The number of benzene rings is 1. The number of carbonyl (C=O) groups excluding carboxylic acids is 1. The van der Waals surface area contributed by atoms with Crippen molar-refractivity contribution in [1.29, 1.82) is 0 Å². The molecule has 1 heterocycles. The standard InChI is InChI=1S/C20H30O2/c1-3-4-5-8-17-10-12-18(13-11-17)16(2)20(21)15-19-9-6-7-14-22-19/h10-13,16,19H,3-9,14-15H2,1-2H3. The Morgan fingerprint density at radius 3 is 2.64 bits per heavy atom. The van der Waals surface area contributed by atoms with E-state index in [0.29, 0.717) is 12.2 Å². The maximum atomic E-state index is 12.4. The van der Waals surface area contributed by atoms with Crippen LogP contribution in [0.25, 0.3) is 0 Å². The molecule has 2 atom stereocenters. The van der Waals surface area contributed by atoms with E-state index in [2.05, 4.69) is 31.2 Å². The Morgan fingerprint density at radius 1 is 1.23 bits per heavy atom. The molecule has 1 aromatic carbocycles. The van der Waals surface area contributed by atoms with Gasteiger partial charge < -0.3 is 4.74 Å². The highest BCUT2D eigenvalue weighted by Crippen LogP contribution is 2.23. The van der Waals surface area contributed by atoms with Gasteiger partial charge in [0, 0.05) is 18.9 Å². The molecular formula is C20H30O2. The molecule has 0 aliphatic carbocycles. The number of hydrogen-bond donors (Lipinski definition) is 0. The quantitative estimate of drug-likeness (QED) is 0.628. The van der Waals surface area contributed by atoms with Crippen molar-refractivity contribution >= 4 is 5.78 Å². The molecule has 0 radical (unpaired) electrons. The third kappa shape index (κ3) is 5.24. The zero-order chi connectivity index (χ0) is 15.8. The molecule has 2 unspecified atom stereocenters. The fourth-order valence-corrected chi connectivity index (χ4v) is 3.11. The number of carbonyl (C=O) groups is 1. The average Bonchev–Trinajstić information content (AvgIpc) is 2.56. The Bertz CT molecular complexity index is 443. The van der Waals surface area contributed by atoms with Crippen LogP contribution in [0.5, 0.6) is 0 Å². The third-order valence-corrected chi connectivity index (χ3v) is 4.73. The fraction of sp³-hybridized carbons (Fsp3) is 0.650. The zero-order valence-electron chi connectivity index (χ0n) is 14.1. The summed E-state index contributed by atoms with van der Waals surface area (Å²) in [6, 6.07) is 8.63. The monoisotopic (exact) mass is 302 g/mol. The molecule has 1 aliphatic rings. The Hall–Kier alpha value is -1.15. The van der Waals surface area contributed by atoms with Crippen molar-refractivity contribution in [2.24, 2.45) is 0 Å². The van der Waals surface area contributed by atoms with Gasteiger partial charge in [-0.25, -0.2) is 0 Å². The maximum absolute atomic E-state index is 12.4. The van der Waals surface area contributed by atoms with Crippen LogP contribution in [0.3, 0.4) is 0 Å². The number of hydrogen-bond acceptors (Lipinski definition) is 2. The maximum Gasteiger partial charge on any atom is 0.142 e. The number of aryl methyl sites for hydroxylation is 1. The Kier molecular flexibility index (Phi) is 7.11. The van der Waals surface area contributed by atoms with E-state index >= 15 is 0 Å². The molecule has 0 saturated carbocycles. The second kappa shape index (κ2) is 9.09. The fourth-order valence-electron chi connectivity index (χ4n) is 3.11. The summed E-state index contributed by atoms with van der Waals surface area (Å²) < 4.78 is 5.69. The molecule has 1 aromatic rings. The van der Waals surface area contributed by atoms with Gasteiger partial charge in [-0.05, 0) is 43.2 Å². The molecule has 0 spiro atoms. The third-order valence-electron chi connectivity index (χ3n) is 4.73. The van der Waals surface area contributed by atoms with Crippen LogP contribution >= 0.6 is 0 Å². The second-order valence-corrected chi connectivity index (χ2v) is 6.58. The van der Waals surface area contributed by atoms with Crippen LogP contribution < -0.4 is 0 Å². The summed E-state index contributed by atoms with van der Waals surface area (Å²) in [4.78, 5) is 12.4. The molecular weight excluding hydrogens is 272 g/mol. The van der Waals surface area contributed by atoms with Gasteiger partial charge in [-0.1, -0.05) is 51.0 Å². The topological polar surface area (TPSA) is 26.3 Å². The number of rotatable bonds is 8. The van der Waals surface area contributed by atoms with Gasteiger partial charge in [0.1, 0.15) is 5.78 Å². The first-order chi connectivity index (χ1) is 10.7. The highest BCUT2D eigenvalue weighted by molar-refractivity contribution is 5.85. The van der Waals surface area contributed by atoms with Crippen LogP contribution in [0, 0.1) is 0 Å². The predicted molar refractivity (Wildman–Crippen MR) is 91.3 cm³/mol. The van der Waals surface area contributed by atoms with Gasteiger partial charge in [0.25, 0.3) is 0 Å². The largest absolute Gasteiger partial charge is 0.378 e. The summed E-state index contributed by atoms with van der Waals surface area (Å²) in [5.41, 5.74) is 2.52. The van der Waals surface area contributed by atoms with Crippen molar-refractivity contribution in [2.45, 2.75) is 77.2 Å². The van der Waals surface area contributed by atoms with E-state index in [4.69, 9.17) is 4.74 Å². The molecule has 2 heteroatoms. The van der Waals surface area contributed by atoms with Crippen LogP contribution in [0.1, 0.15) is 75.8 Å². The minimum Gasteiger partial charge on any atom is -0.378 e. The van der Waals surface area contributed by atoms with E-state index in [9.17, 15) is 4.79 Å². The Labute approximate surface area is 135 Å². The first-order valence-corrected chi connectivity index (χ1v) is 8.94. The highest BCUT2D eigenvalue weighted by Gasteiger charge is 2.22. The average molecular weight is 302 g/mol. The van der Waals surface area contributed by atoms with Crippen LogP contribution in [0.2, 0.25) is 0 Å². The second-order valence-electron chi connectivity index (χ2n) is 6.58. The molecule has 1 saturated heterocycles. The minimum atomic E-state index is -0.0183.